The van der Waals surface area contributed by atoms with E-state index in [1.54, 1.807) is 6.20 Å². The van der Waals surface area contributed by atoms with Crippen LogP contribution in [0.15, 0.2) is 48.7 Å². The van der Waals surface area contributed by atoms with Gasteiger partial charge in [-0.2, -0.15) is 0 Å². The second-order valence-electron chi connectivity index (χ2n) is 4.66. The SMILES string of the molecule is Cc1ccc(Cl)cc1NCc1cnc2ccccc2n1. The van der Waals surface area contributed by atoms with Gasteiger partial charge in [-0.1, -0.05) is 29.8 Å². The summed E-state index contributed by atoms with van der Waals surface area (Å²) in [6.45, 7) is 2.67. The summed E-state index contributed by atoms with van der Waals surface area (Å²) < 4.78 is 0. The maximum atomic E-state index is 6.01. The molecule has 0 radical (unpaired) electrons. The number of benzene rings is 2. The molecule has 0 saturated carbocycles. The first kappa shape index (κ1) is 12.9. The summed E-state index contributed by atoms with van der Waals surface area (Å²) in [4.78, 5) is 8.99. The third-order valence-electron chi connectivity index (χ3n) is 3.16. The van der Waals surface area contributed by atoms with Crippen LogP contribution in [0.4, 0.5) is 5.69 Å². The molecule has 0 bridgehead atoms. The van der Waals surface area contributed by atoms with E-state index in [0.717, 1.165) is 33.0 Å². The van der Waals surface area contributed by atoms with Crippen LogP contribution in [0.1, 0.15) is 11.3 Å². The summed E-state index contributed by atoms with van der Waals surface area (Å²) in [6, 6.07) is 13.7. The van der Waals surface area contributed by atoms with Crippen LogP contribution in [-0.2, 0) is 6.54 Å². The number of nitrogens with zero attached hydrogens (tertiary/aromatic N) is 2. The highest BCUT2D eigenvalue weighted by Crippen LogP contribution is 2.20. The highest BCUT2D eigenvalue weighted by atomic mass is 35.5. The van der Waals surface area contributed by atoms with Crippen molar-refractivity contribution in [1.29, 1.82) is 0 Å². The first-order valence-electron chi connectivity index (χ1n) is 6.43. The largest absolute Gasteiger partial charge is 0.379 e. The summed E-state index contributed by atoms with van der Waals surface area (Å²) in [5.74, 6) is 0. The highest BCUT2D eigenvalue weighted by molar-refractivity contribution is 6.30. The molecule has 1 heterocycles. The Morgan fingerprint density at radius 3 is 2.75 bits per heavy atom. The minimum Gasteiger partial charge on any atom is -0.379 e. The fourth-order valence-corrected chi connectivity index (χ4v) is 2.22. The van der Waals surface area contributed by atoms with Crippen molar-refractivity contribution in [3.63, 3.8) is 0 Å². The van der Waals surface area contributed by atoms with Crippen LogP contribution in [0.25, 0.3) is 11.0 Å². The third-order valence-corrected chi connectivity index (χ3v) is 3.39. The number of fused-ring (bicyclic) bond motifs is 1. The molecule has 0 aliphatic rings. The second kappa shape index (κ2) is 5.47. The predicted molar refractivity (Wildman–Crippen MR) is 83.1 cm³/mol. The van der Waals surface area contributed by atoms with Gasteiger partial charge in [0.05, 0.1) is 29.5 Å². The molecule has 0 fully saturated rings. The maximum Gasteiger partial charge on any atom is 0.0890 e. The van der Waals surface area contributed by atoms with Crippen LogP contribution in [0.3, 0.4) is 0 Å². The van der Waals surface area contributed by atoms with Crippen molar-refractivity contribution in [2.24, 2.45) is 0 Å². The molecular weight excluding hydrogens is 270 g/mol. The number of rotatable bonds is 3. The number of nitrogens with one attached hydrogen (secondary N) is 1. The molecule has 2 aromatic carbocycles. The molecular formula is C16H14ClN3. The summed E-state index contributed by atoms with van der Waals surface area (Å²) >= 11 is 6.01. The van der Waals surface area contributed by atoms with E-state index in [-0.39, 0.29) is 0 Å². The van der Waals surface area contributed by atoms with Crippen LogP contribution in [0.5, 0.6) is 0 Å². The van der Waals surface area contributed by atoms with Gasteiger partial charge in [0.2, 0.25) is 0 Å². The van der Waals surface area contributed by atoms with E-state index in [9.17, 15) is 0 Å². The lowest BCUT2D eigenvalue weighted by molar-refractivity contribution is 1.04. The van der Waals surface area contributed by atoms with E-state index < -0.39 is 0 Å². The Labute approximate surface area is 122 Å². The molecule has 0 atom stereocenters. The van der Waals surface area contributed by atoms with E-state index in [2.05, 4.69) is 15.3 Å². The normalized spacial score (nSPS) is 10.7. The smallest absolute Gasteiger partial charge is 0.0890 e. The van der Waals surface area contributed by atoms with Crippen LogP contribution < -0.4 is 5.32 Å². The summed E-state index contributed by atoms with van der Waals surface area (Å²) in [7, 11) is 0. The number of para-hydroxylation sites is 2. The third kappa shape index (κ3) is 2.73. The molecule has 1 aromatic heterocycles. The highest BCUT2D eigenvalue weighted by Gasteiger charge is 2.02. The van der Waals surface area contributed by atoms with Gasteiger partial charge in [0.1, 0.15) is 0 Å². The fraction of sp³-hybridized carbons (Fsp3) is 0.125. The lowest BCUT2D eigenvalue weighted by atomic mass is 10.2. The van der Waals surface area contributed by atoms with Crippen LogP contribution in [-0.4, -0.2) is 9.97 Å². The predicted octanol–water partition coefficient (Wildman–Crippen LogP) is 4.20. The Hall–Kier alpha value is -2.13. The molecule has 0 amide bonds. The maximum absolute atomic E-state index is 6.01. The summed E-state index contributed by atoms with van der Waals surface area (Å²) in [5.41, 5.74) is 4.91. The Morgan fingerprint density at radius 2 is 1.90 bits per heavy atom. The van der Waals surface area contributed by atoms with E-state index in [1.165, 1.54) is 0 Å². The molecule has 3 aromatic rings. The van der Waals surface area contributed by atoms with Crippen molar-refractivity contribution >= 4 is 28.3 Å². The Morgan fingerprint density at radius 1 is 1.10 bits per heavy atom. The van der Waals surface area contributed by atoms with Crippen molar-refractivity contribution in [2.75, 3.05) is 5.32 Å². The van der Waals surface area contributed by atoms with Gasteiger partial charge in [-0.25, -0.2) is 4.98 Å². The standard InChI is InChI=1S/C16H14ClN3/c1-11-6-7-12(17)8-16(11)19-10-13-9-18-14-4-2-3-5-15(14)20-13/h2-9,19H,10H2,1H3. The number of halogens is 1. The van der Waals surface area contributed by atoms with Gasteiger partial charge in [0, 0.05) is 10.7 Å². The Kier molecular flexibility index (Phi) is 3.52. The van der Waals surface area contributed by atoms with Gasteiger partial charge in [-0.3, -0.25) is 4.98 Å². The van der Waals surface area contributed by atoms with E-state index >= 15 is 0 Å². The molecule has 0 spiro atoms. The van der Waals surface area contributed by atoms with E-state index in [4.69, 9.17) is 11.6 Å². The molecule has 0 unspecified atom stereocenters. The Bertz CT molecular complexity index is 756. The van der Waals surface area contributed by atoms with Crippen molar-refractivity contribution < 1.29 is 0 Å². The summed E-state index contributed by atoms with van der Waals surface area (Å²) in [6.07, 6.45) is 1.80. The van der Waals surface area contributed by atoms with Crippen LogP contribution in [0, 0.1) is 6.92 Å². The summed E-state index contributed by atoms with van der Waals surface area (Å²) in [5, 5.41) is 4.07. The van der Waals surface area contributed by atoms with Crippen LogP contribution >= 0.6 is 11.6 Å². The van der Waals surface area contributed by atoms with E-state index in [0.29, 0.717) is 6.54 Å². The number of aryl methyl sites for hydroxylation is 1. The molecule has 100 valence electrons. The van der Waals surface area contributed by atoms with Gasteiger partial charge < -0.3 is 5.32 Å². The molecule has 4 heteroatoms. The van der Waals surface area contributed by atoms with Gasteiger partial charge in [0.15, 0.2) is 0 Å². The lowest BCUT2D eigenvalue weighted by Crippen LogP contribution is -2.03. The first-order valence-corrected chi connectivity index (χ1v) is 6.81. The quantitative estimate of drug-likeness (QED) is 0.783. The fourth-order valence-electron chi connectivity index (χ4n) is 2.05. The minimum atomic E-state index is 0.624. The average molecular weight is 284 g/mol. The number of hydrogen-bond acceptors (Lipinski definition) is 3. The average Bonchev–Trinajstić information content (AvgIpc) is 2.48. The zero-order valence-electron chi connectivity index (χ0n) is 11.1. The van der Waals surface area contributed by atoms with Crippen molar-refractivity contribution in [1.82, 2.24) is 9.97 Å². The molecule has 0 aliphatic carbocycles. The monoisotopic (exact) mass is 283 g/mol. The zero-order chi connectivity index (χ0) is 13.9. The van der Waals surface area contributed by atoms with Gasteiger partial charge in [0.25, 0.3) is 0 Å². The molecule has 20 heavy (non-hydrogen) atoms. The van der Waals surface area contributed by atoms with Crippen LogP contribution in [0.2, 0.25) is 5.02 Å². The molecule has 3 nitrogen and oxygen atoms in total. The van der Waals surface area contributed by atoms with Gasteiger partial charge in [-0.05, 0) is 36.8 Å². The number of aromatic nitrogens is 2. The topological polar surface area (TPSA) is 37.8 Å². The molecule has 0 aliphatic heterocycles. The minimum absolute atomic E-state index is 0.624. The number of hydrogen-bond donors (Lipinski definition) is 1. The first-order chi connectivity index (χ1) is 9.72. The molecule has 0 saturated heterocycles. The van der Waals surface area contributed by atoms with Gasteiger partial charge in [-0.15, -0.1) is 0 Å². The number of anilines is 1. The van der Waals surface area contributed by atoms with E-state index in [1.807, 2.05) is 49.4 Å². The van der Waals surface area contributed by atoms with Crippen molar-refractivity contribution in [2.45, 2.75) is 13.5 Å². The lowest BCUT2D eigenvalue weighted by Gasteiger charge is -2.09. The zero-order valence-corrected chi connectivity index (χ0v) is 11.9. The molecule has 1 N–H and O–H groups in total. The molecule has 3 rings (SSSR count). The van der Waals surface area contributed by atoms with Gasteiger partial charge >= 0.3 is 0 Å². The Balaban J connectivity index is 1.81. The van der Waals surface area contributed by atoms with Crippen molar-refractivity contribution in [3.8, 4) is 0 Å². The second-order valence-corrected chi connectivity index (χ2v) is 5.10. The van der Waals surface area contributed by atoms with Crippen molar-refractivity contribution in [3.05, 3.63) is 64.9 Å².